The molecule has 6 nitrogen and oxygen atoms in total. The van der Waals surface area contributed by atoms with Crippen molar-refractivity contribution < 1.29 is 9.53 Å². The maximum atomic E-state index is 12.5. The number of carbonyl (C=O) groups is 1. The molecule has 25 heavy (non-hydrogen) atoms. The van der Waals surface area contributed by atoms with Crippen LogP contribution in [0.4, 0.5) is 0 Å². The summed E-state index contributed by atoms with van der Waals surface area (Å²) < 4.78 is 5.78. The number of amides is 1. The minimum atomic E-state index is -0.0151. The van der Waals surface area contributed by atoms with Gasteiger partial charge in [0.1, 0.15) is 6.10 Å². The zero-order chi connectivity index (χ0) is 17.1. The summed E-state index contributed by atoms with van der Waals surface area (Å²) in [5.41, 5.74) is 1.09. The van der Waals surface area contributed by atoms with Gasteiger partial charge < -0.3 is 14.6 Å². The number of aromatic amines is 1. The second kappa shape index (κ2) is 7.14. The van der Waals surface area contributed by atoms with Gasteiger partial charge in [0.05, 0.1) is 12.3 Å². The molecule has 128 valence electrons. The van der Waals surface area contributed by atoms with Crippen molar-refractivity contribution in [1.29, 1.82) is 0 Å². The van der Waals surface area contributed by atoms with E-state index in [1.54, 1.807) is 30.1 Å². The first-order valence-electron chi connectivity index (χ1n) is 8.20. The van der Waals surface area contributed by atoms with Crippen LogP contribution in [-0.4, -0.2) is 50.9 Å². The fourth-order valence-electron chi connectivity index (χ4n) is 2.97. The first-order chi connectivity index (χ1) is 12.3. The molecule has 1 aliphatic heterocycles. The number of benzene rings is 1. The van der Waals surface area contributed by atoms with Crippen LogP contribution in [0.3, 0.4) is 0 Å². The Morgan fingerprint density at radius 3 is 3.12 bits per heavy atom. The van der Waals surface area contributed by atoms with Gasteiger partial charge in [-0.15, -0.1) is 16.9 Å². The molecule has 1 aliphatic rings. The number of nitrogens with one attached hydrogen (secondary N) is 1. The molecule has 1 fully saturated rings. The summed E-state index contributed by atoms with van der Waals surface area (Å²) in [5.74, 6) is 1.08. The van der Waals surface area contributed by atoms with E-state index in [0.717, 1.165) is 28.8 Å². The highest BCUT2D eigenvalue weighted by Crippen LogP contribution is 2.28. The SMILES string of the molecule is O=C(CSc1c[nH]c2ccccc12)N1CCC(Oc2cccnn2)C1. The molecule has 7 heteroatoms. The van der Waals surface area contributed by atoms with Gasteiger partial charge in [0, 0.05) is 47.2 Å². The molecule has 3 heterocycles. The van der Waals surface area contributed by atoms with Crippen molar-refractivity contribution in [3.05, 3.63) is 48.8 Å². The molecule has 1 amide bonds. The number of rotatable bonds is 5. The number of ether oxygens (including phenoxy) is 1. The van der Waals surface area contributed by atoms with Gasteiger partial charge in [0.2, 0.25) is 11.8 Å². The van der Waals surface area contributed by atoms with Gasteiger partial charge in [0.25, 0.3) is 0 Å². The Kier molecular flexibility index (Phi) is 4.56. The number of nitrogens with zero attached hydrogens (tertiary/aromatic N) is 3. The van der Waals surface area contributed by atoms with E-state index in [0.29, 0.717) is 18.2 Å². The zero-order valence-electron chi connectivity index (χ0n) is 13.6. The van der Waals surface area contributed by atoms with E-state index in [-0.39, 0.29) is 12.0 Å². The molecule has 1 N–H and O–H groups in total. The number of hydrogen-bond donors (Lipinski definition) is 1. The van der Waals surface area contributed by atoms with Crippen molar-refractivity contribution in [2.24, 2.45) is 0 Å². The largest absolute Gasteiger partial charge is 0.471 e. The van der Waals surface area contributed by atoms with Crippen LogP contribution in [0.2, 0.25) is 0 Å². The van der Waals surface area contributed by atoms with Crippen LogP contribution < -0.4 is 4.74 Å². The van der Waals surface area contributed by atoms with Crippen LogP contribution in [0.5, 0.6) is 5.88 Å². The lowest BCUT2D eigenvalue weighted by atomic mass is 10.2. The molecule has 1 aromatic carbocycles. The highest BCUT2D eigenvalue weighted by molar-refractivity contribution is 8.00. The lowest BCUT2D eigenvalue weighted by Gasteiger charge is -2.16. The maximum Gasteiger partial charge on any atom is 0.233 e. The minimum absolute atomic E-state index is 0.0151. The first kappa shape index (κ1) is 16.0. The number of carbonyl (C=O) groups excluding carboxylic acids is 1. The van der Waals surface area contributed by atoms with E-state index >= 15 is 0 Å². The quantitative estimate of drug-likeness (QED) is 0.714. The van der Waals surface area contributed by atoms with Crippen molar-refractivity contribution in [2.45, 2.75) is 17.4 Å². The number of aromatic nitrogens is 3. The third kappa shape index (κ3) is 3.61. The smallest absolute Gasteiger partial charge is 0.233 e. The monoisotopic (exact) mass is 354 g/mol. The minimum Gasteiger partial charge on any atom is -0.471 e. The van der Waals surface area contributed by atoms with E-state index in [4.69, 9.17) is 4.74 Å². The van der Waals surface area contributed by atoms with Crippen molar-refractivity contribution >= 4 is 28.6 Å². The molecule has 3 aromatic rings. The van der Waals surface area contributed by atoms with Crippen LogP contribution in [-0.2, 0) is 4.79 Å². The van der Waals surface area contributed by atoms with Crippen LogP contribution in [0.15, 0.2) is 53.7 Å². The van der Waals surface area contributed by atoms with Gasteiger partial charge in [-0.25, -0.2) is 0 Å². The van der Waals surface area contributed by atoms with Crippen LogP contribution in [0, 0.1) is 0 Å². The van der Waals surface area contributed by atoms with Crippen molar-refractivity contribution in [3.63, 3.8) is 0 Å². The highest BCUT2D eigenvalue weighted by Gasteiger charge is 2.27. The van der Waals surface area contributed by atoms with E-state index in [1.807, 2.05) is 29.3 Å². The Morgan fingerprint density at radius 1 is 1.32 bits per heavy atom. The molecule has 0 bridgehead atoms. The van der Waals surface area contributed by atoms with Crippen molar-refractivity contribution in [1.82, 2.24) is 20.1 Å². The molecule has 0 radical (unpaired) electrons. The molecule has 2 aromatic heterocycles. The predicted octanol–water partition coefficient (Wildman–Crippen LogP) is 2.73. The Labute approximate surface area is 149 Å². The maximum absolute atomic E-state index is 12.5. The summed E-state index contributed by atoms with van der Waals surface area (Å²) in [5, 5.41) is 8.89. The molecule has 4 rings (SSSR count). The average molecular weight is 354 g/mol. The van der Waals surface area contributed by atoms with Crippen LogP contribution in [0.1, 0.15) is 6.42 Å². The number of thioether (sulfide) groups is 1. The summed E-state index contributed by atoms with van der Waals surface area (Å²) in [7, 11) is 0. The summed E-state index contributed by atoms with van der Waals surface area (Å²) in [6.45, 7) is 1.32. The zero-order valence-corrected chi connectivity index (χ0v) is 14.4. The first-order valence-corrected chi connectivity index (χ1v) is 9.19. The van der Waals surface area contributed by atoms with Gasteiger partial charge in [-0.1, -0.05) is 18.2 Å². The van der Waals surface area contributed by atoms with E-state index in [9.17, 15) is 4.79 Å². The molecule has 0 spiro atoms. The standard InChI is InChI=1S/C18H18N4O2S/c23-18(12-25-16-10-19-15-5-2-1-4-14(15)16)22-9-7-13(11-22)24-17-6-3-8-20-21-17/h1-6,8,10,13,19H,7,9,11-12H2. The predicted molar refractivity (Wildman–Crippen MR) is 96.7 cm³/mol. The Bertz CT molecular complexity index is 868. The second-order valence-corrected chi connectivity index (χ2v) is 6.93. The van der Waals surface area contributed by atoms with E-state index in [1.165, 1.54) is 0 Å². The normalized spacial score (nSPS) is 17.1. The molecule has 0 aliphatic carbocycles. The van der Waals surface area contributed by atoms with E-state index in [2.05, 4.69) is 21.2 Å². The average Bonchev–Trinajstić information content (AvgIpc) is 3.28. The highest BCUT2D eigenvalue weighted by atomic mass is 32.2. The Morgan fingerprint density at radius 2 is 2.24 bits per heavy atom. The van der Waals surface area contributed by atoms with E-state index < -0.39 is 0 Å². The third-order valence-corrected chi connectivity index (χ3v) is 5.28. The summed E-state index contributed by atoms with van der Waals surface area (Å²) in [6, 6.07) is 11.7. The van der Waals surface area contributed by atoms with Crippen molar-refractivity contribution in [3.8, 4) is 5.88 Å². The van der Waals surface area contributed by atoms with Crippen LogP contribution in [0.25, 0.3) is 10.9 Å². The number of likely N-dealkylation sites (tertiary alicyclic amines) is 1. The topological polar surface area (TPSA) is 71.1 Å². The summed E-state index contributed by atoms with van der Waals surface area (Å²) in [6.07, 6.45) is 4.38. The van der Waals surface area contributed by atoms with Gasteiger partial charge >= 0.3 is 0 Å². The van der Waals surface area contributed by atoms with Gasteiger partial charge in [-0.3, -0.25) is 4.79 Å². The Balaban J connectivity index is 1.31. The van der Waals surface area contributed by atoms with Crippen molar-refractivity contribution in [2.75, 3.05) is 18.8 Å². The molecule has 1 saturated heterocycles. The second-order valence-electron chi connectivity index (χ2n) is 5.92. The Hall–Kier alpha value is -2.54. The number of hydrogen-bond acceptors (Lipinski definition) is 5. The molecular formula is C18H18N4O2S. The summed E-state index contributed by atoms with van der Waals surface area (Å²) in [4.78, 5) is 18.7. The molecule has 0 saturated carbocycles. The molecular weight excluding hydrogens is 336 g/mol. The number of H-pyrrole nitrogens is 1. The number of fused-ring (bicyclic) bond motifs is 1. The van der Waals surface area contributed by atoms with Crippen LogP contribution >= 0.6 is 11.8 Å². The third-order valence-electron chi connectivity index (χ3n) is 4.24. The number of para-hydroxylation sites is 1. The lowest BCUT2D eigenvalue weighted by Crippen LogP contribution is -2.32. The van der Waals surface area contributed by atoms with Gasteiger partial charge in [0.15, 0.2) is 0 Å². The molecule has 1 atom stereocenters. The lowest BCUT2D eigenvalue weighted by molar-refractivity contribution is -0.127. The fourth-order valence-corrected chi connectivity index (χ4v) is 3.90. The van der Waals surface area contributed by atoms with Gasteiger partial charge in [-0.05, 0) is 12.1 Å². The molecule has 1 unspecified atom stereocenters. The summed E-state index contributed by atoms with van der Waals surface area (Å²) >= 11 is 1.57. The fraction of sp³-hybridized carbons (Fsp3) is 0.278. The van der Waals surface area contributed by atoms with Gasteiger partial charge in [-0.2, -0.15) is 5.10 Å².